The maximum Gasteiger partial charge on any atom is 0.306 e. The zero-order valence-corrected chi connectivity index (χ0v) is 45.0. The molecule has 392 valence electrons. The van der Waals surface area contributed by atoms with Gasteiger partial charge in [0.1, 0.15) is 13.2 Å². The maximum atomic E-state index is 12.9. The van der Waals surface area contributed by atoms with Crippen molar-refractivity contribution in [3.05, 3.63) is 0 Å². The molecule has 1 atom stereocenters. The van der Waals surface area contributed by atoms with Gasteiger partial charge in [-0.3, -0.25) is 14.4 Å². The van der Waals surface area contributed by atoms with Crippen molar-refractivity contribution in [2.75, 3.05) is 13.2 Å². The van der Waals surface area contributed by atoms with Gasteiger partial charge in [-0.05, 0) is 19.3 Å². The van der Waals surface area contributed by atoms with E-state index in [9.17, 15) is 14.4 Å². The van der Waals surface area contributed by atoms with Crippen molar-refractivity contribution in [1.29, 1.82) is 0 Å². The number of hydrogen-bond acceptors (Lipinski definition) is 6. The molecule has 0 N–H and O–H groups in total. The van der Waals surface area contributed by atoms with E-state index >= 15 is 0 Å². The summed E-state index contributed by atoms with van der Waals surface area (Å²) in [6.45, 7) is 6.71. The van der Waals surface area contributed by atoms with E-state index in [2.05, 4.69) is 20.8 Å². The highest BCUT2D eigenvalue weighted by atomic mass is 16.6. The molecule has 0 aromatic carbocycles. The predicted octanol–water partition coefficient (Wildman–Crippen LogP) is 19.9. The Hall–Kier alpha value is -1.59. The molecule has 66 heavy (non-hydrogen) atoms. The predicted molar refractivity (Wildman–Crippen MR) is 284 cm³/mol. The van der Waals surface area contributed by atoms with Crippen LogP contribution in [-0.2, 0) is 28.6 Å². The van der Waals surface area contributed by atoms with Crippen LogP contribution in [0.3, 0.4) is 0 Å². The Morgan fingerprint density at radius 3 is 0.606 bits per heavy atom. The minimum Gasteiger partial charge on any atom is -0.462 e. The molecule has 0 aliphatic heterocycles. The van der Waals surface area contributed by atoms with Gasteiger partial charge in [-0.25, -0.2) is 0 Å². The second kappa shape index (κ2) is 56.0. The lowest BCUT2D eigenvalue weighted by molar-refractivity contribution is -0.167. The van der Waals surface area contributed by atoms with E-state index in [0.717, 1.165) is 57.8 Å². The lowest BCUT2D eigenvalue weighted by atomic mass is 10.0. The van der Waals surface area contributed by atoms with Crippen molar-refractivity contribution in [3.8, 4) is 0 Å². The van der Waals surface area contributed by atoms with E-state index < -0.39 is 6.10 Å². The van der Waals surface area contributed by atoms with Crippen LogP contribution in [0, 0.1) is 0 Å². The average molecular weight is 934 g/mol. The van der Waals surface area contributed by atoms with Crippen molar-refractivity contribution in [2.45, 2.75) is 354 Å². The van der Waals surface area contributed by atoms with Crippen molar-refractivity contribution < 1.29 is 28.6 Å². The molecule has 0 aliphatic carbocycles. The fourth-order valence-electron chi connectivity index (χ4n) is 9.33. The van der Waals surface area contributed by atoms with Gasteiger partial charge in [0.25, 0.3) is 0 Å². The second-order valence-electron chi connectivity index (χ2n) is 20.6. The van der Waals surface area contributed by atoms with E-state index in [1.807, 2.05) is 0 Å². The Morgan fingerprint density at radius 1 is 0.242 bits per heavy atom. The molecule has 6 heteroatoms. The minimum atomic E-state index is -0.761. The summed E-state index contributed by atoms with van der Waals surface area (Å²) in [5.41, 5.74) is 0. The summed E-state index contributed by atoms with van der Waals surface area (Å²) in [5.74, 6) is -0.829. The van der Waals surface area contributed by atoms with E-state index in [-0.39, 0.29) is 31.1 Å². The van der Waals surface area contributed by atoms with Crippen LogP contribution in [0.15, 0.2) is 0 Å². The van der Waals surface area contributed by atoms with Crippen LogP contribution in [-0.4, -0.2) is 37.2 Å². The number of rotatable bonds is 56. The van der Waals surface area contributed by atoms with Gasteiger partial charge >= 0.3 is 17.9 Å². The smallest absolute Gasteiger partial charge is 0.306 e. The molecule has 0 rings (SSSR count). The first-order valence-electron chi connectivity index (χ1n) is 30.0. The highest BCUT2D eigenvalue weighted by Gasteiger charge is 2.19. The normalized spacial score (nSPS) is 11.9. The van der Waals surface area contributed by atoms with Gasteiger partial charge in [-0.2, -0.15) is 0 Å². The molecule has 0 aliphatic rings. The Bertz CT molecular complexity index is 982. The molecule has 0 fully saturated rings. The number of esters is 3. The van der Waals surface area contributed by atoms with Crippen LogP contribution in [0.25, 0.3) is 0 Å². The Labute approximate surface area is 412 Å². The minimum absolute atomic E-state index is 0.0609. The fourth-order valence-corrected chi connectivity index (χ4v) is 9.33. The molecule has 0 radical (unpaired) electrons. The molecule has 0 saturated carbocycles. The van der Waals surface area contributed by atoms with Gasteiger partial charge in [0.15, 0.2) is 6.10 Å². The summed E-state index contributed by atoms with van der Waals surface area (Å²) < 4.78 is 16.9. The largest absolute Gasteiger partial charge is 0.462 e. The first-order chi connectivity index (χ1) is 32.5. The van der Waals surface area contributed by atoms with E-state index in [4.69, 9.17) is 14.2 Å². The number of ether oxygens (including phenoxy) is 3. The first kappa shape index (κ1) is 64.4. The maximum absolute atomic E-state index is 12.9. The van der Waals surface area contributed by atoms with Gasteiger partial charge < -0.3 is 14.2 Å². The van der Waals surface area contributed by atoms with Crippen LogP contribution in [0.4, 0.5) is 0 Å². The fraction of sp³-hybridized carbons (Fsp3) is 0.950. The topological polar surface area (TPSA) is 78.9 Å². The zero-order valence-electron chi connectivity index (χ0n) is 45.0. The number of carbonyl (C=O) groups excluding carboxylic acids is 3. The standard InChI is InChI=1S/C60H116O6/c1-4-7-10-13-16-19-22-25-27-29-30-31-33-36-39-42-45-48-51-54-60(63)66-57(55-64-58(61)52-49-46-43-40-37-34-24-21-18-15-12-9-6-3)56-65-59(62)53-50-47-44-41-38-35-32-28-26-23-20-17-14-11-8-5-2/h57H,4-56H2,1-3H3/t57-/m1/s1. The molecule has 0 heterocycles. The third kappa shape index (κ3) is 53.4. The van der Waals surface area contributed by atoms with Gasteiger partial charge in [-0.15, -0.1) is 0 Å². The lowest BCUT2D eigenvalue weighted by Gasteiger charge is -2.18. The zero-order chi connectivity index (χ0) is 47.9. The van der Waals surface area contributed by atoms with Crippen LogP contribution in [0.1, 0.15) is 348 Å². The van der Waals surface area contributed by atoms with Gasteiger partial charge in [0.05, 0.1) is 0 Å². The summed E-state index contributed by atoms with van der Waals surface area (Å²) in [4.78, 5) is 38.2. The Morgan fingerprint density at radius 2 is 0.409 bits per heavy atom. The highest BCUT2D eigenvalue weighted by Crippen LogP contribution is 2.18. The molecule has 0 amide bonds. The SMILES string of the molecule is CCCCCCCCCCCCCCCCCCCCCC(=O)O[C@H](COC(=O)CCCCCCCCCCCCCCC)COC(=O)CCCCCCCCCCCCCCCCCC. The monoisotopic (exact) mass is 933 g/mol. The van der Waals surface area contributed by atoms with Crippen LogP contribution < -0.4 is 0 Å². The molecule has 0 bridgehead atoms. The summed E-state index contributed by atoms with van der Waals surface area (Å²) in [6, 6.07) is 0. The summed E-state index contributed by atoms with van der Waals surface area (Å²) in [6.07, 6.45) is 62.4. The third-order valence-corrected chi connectivity index (χ3v) is 13.9. The summed E-state index contributed by atoms with van der Waals surface area (Å²) >= 11 is 0. The molecule has 0 unspecified atom stereocenters. The van der Waals surface area contributed by atoms with Crippen LogP contribution >= 0.6 is 0 Å². The molecule has 0 aromatic heterocycles. The first-order valence-corrected chi connectivity index (χ1v) is 30.0. The molecule has 0 spiro atoms. The number of unbranched alkanes of at least 4 members (excludes halogenated alkanes) is 45. The molecular formula is C60H116O6. The van der Waals surface area contributed by atoms with Gasteiger partial charge in [-0.1, -0.05) is 310 Å². The Kier molecular flexibility index (Phi) is 54.7. The second-order valence-corrected chi connectivity index (χ2v) is 20.6. The van der Waals surface area contributed by atoms with Crippen molar-refractivity contribution in [1.82, 2.24) is 0 Å². The number of carbonyl (C=O) groups is 3. The van der Waals surface area contributed by atoms with Crippen molar-refractivity contribution >= 4 is 17.9 Å². The average Bonchev–Trinajstić information content (AvgIpc) is 3.31. The number of hydrogen-bond donors (Lipinski definition) is 0. The van der Waals surface area contributed by atoms with Crippen LogP contribution in [0.2, 0.25) is 0 Å². The van der Waals surface area contributed by atoms with E-state index in [1.165, 1.54) is 250 Å². The highest BCUT2D eigenvalue weighted by molar-refractivity contribution is 5.71. The quantitative estimate of drug-likeness (QED) is 0.0343. The van der Waals surface area contributed by atoms with Crippen LogP contribution in [0.5, 0.6) is 0 Å². The van der Waals surface area contributed by atoms with Gasteiger partial charge in [0.2, 0.25) is 0 Å². The molecular weight excluding hydrogens is 817 g/mol. The van der Waals surface area contributed by atoms with E-state index in [0.29, 0.717) is 19.3 Å². The molecule has 6 nitrogen and oxygen atoms in total. The molecule has 0 saturated heterocycles. The molecule has 0 aromatic rings. The van der Waals surface area contributed by atoms with Gasteiger partial charge in [0, 0.05) is 19.3 Å². The summed E-state index contributed by atoms with van der Waals surface area (Å²) in [7, 11) is 0. The van der Waals surface area contributed by atoms with Crippen molar-refractivity contribution in [3.63, 3.8) is 0 Å². The summed E-state index contributed by atoms with van der Waals surface area (Å²) in [5, 5.41) is 0. The lowest BCUT2D eigenvalue weighted by Crippen LogP contribution is -2.30. The third-order valence-electron chi connectivity index (χ3n) is 13.9. The van der Waals surface area contributed by atoms with E-state index in [1.54, 1.807) is 0 Å². The Balaban J connectivity index is 4.27. The van der Waals surface area contributed by atoms with Crippen molar-refractivity contribution in [2.24, 2.45) is 0 Å².